The fourth-order valence-electron chi connectivity index (χ4n) is 1.66. The maximum atomic E-state index is 3.40. The summed E-state index contributed by atoms with van der Waals surface area (Å²) in [6, 6.07) is 0. The average Bonchev–Trinajstić information content (AvgIpc) is 2.29. The summed E-state index contributed by atoms with van der Waals surface area (Å²) in [5.74, 6) is 0. The Morgan fingerprint density at radius 2 is 1.12 bits per heavy atom. The van der Waals surface area contributed by atoms with E-state index in [4.69, 9.17) is 0 Å². The molecule has 4 radical (unpaired) electrons. The summed E-state index contributed by atoms with van der Waals surface area (Å²) >= 11 is 0.560. The first-order chi connectivity index (χ1) is 7.76. The van der Waals surface area contributed by atoms with Gasteiger partial charge >= 0.3 is 126 Å². The topological polar surface area (TPSA) is 0 Å². The molecule has 94 valence electrons. The van der Waals surface area contributed by atoms with Crippen LogP contribution in [-0.2, 0) is 0 Å². The summed E-state index contributed by atoms with van der Waals surface area (Å²) in [5, 5.41) is 0. The summed E-state index contributed by atoms with van der Waals surface area (Å²) in [7, 11) is 0. The van der Waals surface area contributed by atoms with E-state index >= 15 is 0 Å². The molecule has 0 heterocycles. The quantitative estimate of drug-likeness (QED) is 0.438. The zero-order chi connectivity index (χ0) is 12.6. The van der Waals surface area contributed by atoms with Gasteiger partial charge in [-0.25, -0.2) is 0 Å². The van der Waals surface area contributed by atoms with Crippen LogP contribution in [0.3, 0.4) is 0 Å². The average molecular weight is 436 g/mol. The molecule has 2 heteroatoms. The molecule has 0 bridgehead atoms. The second kappa shape index (κ2) is 18.7. The van der Waals surface area contributed by atoms with E-state index in [1.54, 1.807) is 13.3 Å². The molecule has 0 amide bonds. The van der Waals surface area contributed by atoms with Gasteiger partial charge in [0.1, 0.15) is 0 Å². The molecule has 0 unspecified atom stereocenters. The molecule has 0 rings (SSSR count). The first-order valence-corrected chi connectivity index (χ1v) is 14.6. The molecule has 0 aromatic carbocycles. The molecule has 0 saturated heterocycles. The van der Waals surface area contributed by atoms with Crippen LogP contribution < -0.4 is 0 Å². The molecule has 0 aliphatic carbocycles. The van der Waals surface area contributed by atoms with E-state index in [0.717, 1.165) is 0 Å². The first kappa shape index (κ1) is 19.7. The minimum absolute atomic E-state index is 0.839. The zero-order valence-corrected chi connectivity index (χ0v) is 17.4. The van der Waals surface area contributed by atoms with Crippen LogP contribution in [0.4, 0.5) is 0 Å². The van der Waals surface area contributed by atoms with E-state index in [-0.39, 0.29) is 0 Å². The van der Waals surface area contributed by atoms with Crippen molar-refractivity contribution in [3.8, 4) is 0 Å². The van der Waals surface area contributed by atoms with Gasteiger partial charge < -0.3 is 0 Å². The fraction of sp³-hybridized carbons (Fsp3) is 0.857. The summed E-state index contributed by atoms with van der Waals surface area (Å²) in [6.07, 6.45) is 8.85. The molecular formula is C14H30Sn2. The number of unbranched alkanes of at least 4 members (excludes halogenated alkanes) is 3. The van der Waals surface area contributed by atoms with E-state index in [2.05, 4.69) is 27.4 Å². The molecule has 0 N–H and O–H groups in total. The van der Waals surface area contributed by atoms with Gasteiger partial charge in [-0.1, -0.05) is 0 Å². The summed E-state index contributed by atoms with van der Waals surface area (Å²) in [5.41, 5.74) is 0. The Morgan fingerprint density at radius 3 is 1.31 bits per heavy atom. The molecule has 0 aliphatic heterocycles. The van der Waals surface area contributed by atoms with Crippen molar-refractivity contribution < 1.29 is 0 Å². The van der Waals surface area contributed by atoms with Gasteiger partial charge in [0.25, 0.3) is 0 Å². The number of rotatable bonds is 9. The van der Waals surface area contributed by atoms with Crippen molar-refractivity contribution in [2.24, 2.45) is 0 Å². The van der Waals surface area contributed by atoms with Crippen molar-refractivity contribution >= 4 is 42.3 Å². The Morgan fingerprint density at radius 1 is 0.875 bits per heavy atom. The molecular weight excluding hydrogens is 406 g/mol. The van der Waals surface area contributed by atoms with Gasteiger partial charge in [0.05, 0.1) is 0 Å². The van der Waals surface area contributed by atoms with Crippen LogP contribution in [-0.4, -0.2) is 42.3 Å². The van der Waals surface area contributed by atoms with E-state index in [1.807, 2.05) is 4.09 Å². The van der Waals surface area contributed by atoms with Gasteiger partial charge in [-0.3, -0.25) is 0 Å². The van der Waals surface area contributed by atoms with Gasteiger partial charge in [0.15, 0.2) is 0 Å². The van der Waals surface area contributed by atoms with Crippen molar-refractivity contribution in [3.63, 3.8) is 0 Å². The van der Waals surface area contributed by atoms with Crippen LogP contribution in [0.1, 0.15) is 59.3 Å². The Balaban J connectivity index is 0. The van der Waals surface area contributed by atoms with Gasteiger partial charge in [0.2, 0.25) is 0 Å². The van der Waals surface area contributed by atoms with Crippen molar-refractivity contribution in [2.45, 2.75) is 72.6 Å². The van der Waals surface area contributed by atoms with Crippen LogP contribution >= 0.6 is 0 Å². The Bertz CT molecular complexity index is 105. The van der Waals surface area contributed by atoms with Crippen molar-refractivity contribution in [1.82, 2.24) is 0 Å². The molecule has 16 heavy (non-hydrogen) atoms. The second-order valence-electron chi connectivity index (χ2n) is 4.26. The molecule has 0 aliphatic rings. The van der Waals surface area contributed by atoms with Crippen LogP contribution in [0.15, 0.2) is 10.7 Å². The van der Waals surface area contributed by atoms with E-state index < -0.39 is 19.8 Å². The molecule has 0 saturated carbocycles. The van der Waals surface area contributed by atoms with Crippen LogP contribution in [0.25, 0.3) is 0 Å². The summed E-state index contributed by atoms with van der Waals surface area (Å²) < 4.78 is 6.88. The van der Waals surface area contributed by atoms with Gasteiger partial charge in [-0.15, -0.1) is 0 Å². The normalized spacial score (nSPS) is 9.81. The predicted octanol–water partition coefficient (Wildman–Crippen LogP) is 5.18. The van der Waals surface area contributed by atoms with Crippen molar-refractivity contribution in [2.75, 3.05) is 0 Å². The molecule has 0 aromatic rings. The van der Waals surface area contributed by atoms with E-state index in [1.165, 1.54) is 61.0 Å². The number of hydrogen-bond donors (Lipinski definition) is 0. The van der Waals surface area contributed by atoms with Crippen LogP contribution in [0.5, 0.6) is 0 Å². The Kier molecular flexibility index (Phi) is 23.0. The second-order valence-corrected chi connectivity index (χ2v) is 14.0. The predicted molar refractivity (Wildman–Crippen MR) is 80.9 cm³/mol. The van der Waals surface area contributed by atoms with Crippen molar-refractivity contribution in [1.29, 1.82) is 0 Å². The zero-order valence-electron chi connectivity index (χ0n) is 11.6. The van der Waals surface area contributed by atoms with E-state index in [0.29, 0.717) is 0 Å². The van der Waals surface area contributed by atoms with Crippen LogP contribution in [0.2, 0.25) is 13.3 Å². The monoisotopic (exact) mass is 438 g/mol. The Hall–Kier alpha value is 1.34. The third kappa shape index (κ3) is 17.7. The molecule has 0 fully saturated rings. The molecule has 0 atom stereocenters. The third-order valence-electron chi connectivity index (χ3n) is 2.65. The van der Waals surface area contributed by atoms with Gasteiger partial charge in [-0.2, -0.15) is 0 Å². The number of hydrogen-bond acceptors (Lipinski definition) is 0. The third-order valence-corrected chi connectivity index (χ3v) is 11.7. The van der Waals surface area contributed by atoms with Crippen LogP contribution in [0, 0.1) is 0 Å². The maximum absolute atomic E-state index is 3.40. The molecule has 0 nitrogen and oxygen atoms in total. The molecule has 0 spiro atoms. The first-order valence-electron chi connectivity index (χ1n) is 6.88. The van der Waals surface area contributed by atoms with Gasteiger partial charge in [-0.05, 0) is 0 Å². The standard InChI is InChI=1S/3C4H9.C2H3.2Sn/c3*1-3-4-2;1-2;;/h3*1,3-4H2,2H3;1H,2H2;;. The summed E-state index contributed by atoms with van der Waals surface area (Å²) in [4.78, 5) is 0. The van der Waals surface area contributed by atoms with Crippen molar-refractivity contribution in [3.05, 3.63) is 10.7 Å². The summed E-state index contributed by atoms with van der Waals surface area (Å²) in [6.45, 7) is 10.4. The van der Waals surface area contributed by atoms with E-state index in [9.17, 15) is 0 Å². The SMILES string of the molecule is C=[CH][Sn].CCC[CH2][Sn]([CH2]CCC)[CH2]CCC. The molecule has 0 aromatic heterocycles. The fourth-order valence-corrected chi connectivity index (χ4v) is 11.1. The minimum atomic E-state index is -0.839. The Labute approximate surface area is 124 Å². The van der Waals surface area contributed by atoms with Gasteiger partial charge in [0, 0.05) is 0 Å².